The summed E-state index contributed by atoms with van der Waals surface area (Å²) in [6, 6.07) is 7.94. The van der Waals surface area contributed by atoms with Gasteiger partial charge in [-0.1, -0.05) is 18.2 Å². The third-order valence-corrected chi connectivity index (χ3v) is 4.62. The Morgan fingerprint density at radius 2 is 1.91 bits per heavy atom. The van der Waals surface area contributed by atoms with Crippen LogP contribution in [0.5, 0.6) is 0 Å². The van der Waals surface area contributed by atoms with E-state index in [4.69, 9.17) is 4.74 Å². The summed E-state index contributed by atoms with van der Waals surface area (Å²) in [6.45, 7) is 3.90. The van der Waals surface area contributed by atoms with Gasteiger partial charge >= 0.3 is 5.97 Å². The number of benzene rings is 1. The molecule has 122 valence electrons. The molecular formula is C18H22N2O3. The number of H-pyrrole nitrogens is 1. The Balaban J connectivity index is 1.65. The maximum atomic E-state index is 12.4. The highest BCUT2D eigenvalue weighted by molar-refractivity contribution is 6.04. The number of fused-ring (bicyclic) bond motifs is 1. The van der Waals surface area contributed by atoms with Crippen molar-refractivity contribution in [1.82, 2.24) is 9.88 Å². The van der Waals surface area contributed by atoms with Crippen LogP contribution in [0.15, 0.2) is 30.5 Å². The normalized spacial score (nSPS) is 21.4. The number of aromatic amines is 1. The Morgan fingerprint density at radius 1 is 1.22 bits per heavy atom. The van der Waals surface area contributed by atoms with Crippen molar-refractivity contribution in [3.63, 3.8) is 0 Å². The van der Waals surface area contributed by atoms with Gasteiger partial charge < -0.3 is 14.6 Å². The van der Waals surface area contributed by atoms with Crippen LogP contribution in [0.1, 0.15) is 43.5 Å². The molecule has 0 saturated carbocycles. The minimum atomic E-state index is -0.465. The Bertz CT molecular complexity index is 712. The van der Waals surface area contributed by atoms with E-state index in [9.17, 15) is 9.59 Å². The molecule has 1 N–H and O–H groups in total. The summed E-state index contributed by atoms with van der Waals surface area (Å²) in [5, 5.41) is 0.810. The van der Waals surface area contributed by atoms with E-state index in [0.717, 1.165) is 30.2 Å². The predicted molar refractivity (Wildman–Crippen MR) is 88.2 cm³/mol. The zero-order chi connectivity index (χ0) is 16.4. The van der Waals surface area contributed by atoms with Gasteiger partial charge in [0.05, 0.1) is 5.56 Å². The Kier molecular flexibility index (Phi) is 4.37. The van der Waals surface area contributed by atoms with Crippen molar-refractivity contribution >= 4 is 22.8 Å². The first-order chi connectivity index (χ1) is 11.1. The van der Waals surface area contributed by atoms with Gasteiger partial charge in [-0.2, -0.15) is 0 Å². The van der Waals surface area contributed by atoms with E-state index in [1.807, 2.05) is 29.2 Å². The number of hydrogen-bond donors (Lipinski definition) is 1. The van der Waals surface area contributed by atoms with E-state index >= 15 is 0 Å². The van der Waals surface area contributed by atoms with Crippen LogP contribution in [0.3, 0.4) is 0 Å². The number of likely N-dealkylation sites (tertiary alicyclic amines) is 1. The van der Waals surface area contributed by atoms with Crippen molar-refractivity contribution in [2.24, 2.45) is 0 Å². The third kappa shape index (κ3) is 3.09. The van der Waals surface area contributed by atoms with E-state index in [2.05, 4.69) is 18.8 Å². The number of ether oxygens (including phenoxy) is 1. The monoisotopic (exact) mass is 314 g/mol. The molecular weight excluding hydrogens is 292 g/mol. The molecule has 5 heteroatoms. The molecule has 3 rings (SSSR count). The number of esters is 1. The first kappa shape index (κ1) is 15.6. The van der Waals surface area contributed by atoms with E-state index in [-0.39, 0.29) is 24.6 Å². The maximum absolute atomic E-state index is 12.4. The van der Waals surface area contributed by atoms with Crippen molar-refractivity contribution < 1.29 is 14.3 Å². The quantitative estimate of drug-likeness (QED) is 0.885. The molecule has 5 nitrogen and oxygen atoms in total. The minimum absolute atomic E-state index is 0.113. The summed E-state index contributed by atoms with van der Waals surface area (Å²) >= 11 is 0. The highest BCUT2D eigenvalue weighted by Crippen LogP contribution is 2.23. The first-order valence-corrected chi connectivity index (χ1v) is 8.12. The van der Waals surface area contributed by atoms with E-state index in [1.165, 1.54) is 0 Å². The SMILES string of the molecule is C[C@H]1CCC[C@H](C)N1C(=O)COC(=O)c1c[nH]c2ccccc12. The molecule has 0 bridgehead atoms. The molecule has 0 unspecified atom stereocenters. The number of para-hydroxylation sites is 1. The summed E-state index contributed by atoms with van der Waals surface area (Å²) in [5.74, 6) is -0.578. The maximum Gasteiger partial charge on any atom is 0.340 e. The van der Waals surface area contributed by atoms with Gasteiger partial charge in [-0.3, -0.25) is 4.79 Å². The zero-order valence-electron chi connectivity index (χ0n) is 13.5. The van der Waals surface area contributed by atoms with E-state index in [1.54, 1.807) is 6.20 Å². The van der Waals surface area contributed by atoms with Gasteiger partial charge in [0.1, 0.15) is 0 Å². The second-order valence-electron chi connectivity index (χ2n) is 6.25. The van der Waals surface area contributed by atoms with Crippen LogP contribution < -0.4 is 0 Å². The number of rotatable bonds is 3. The molecule has 2 aromatic rings. The third-order valence-electron chi connectivity index (χ3n) is 4.62. The molecule has 1 aromatic carbocycles. The number of carbonyl (C=O) groups excluding carboxylic acids is 2. The Morgan fingerprint density at radius 3 is 2.65 bits per heavy atom. The predicted octanol–water partition coefficient (Wildman–Crippen LogP) is 3.11. The molecule has 0 radical (unpaired) electrons. The molecule has 1 amide bonds. The molecule has 1 saturated heterocycles. The molecule has 2 atom stereocenters. The molecule has 0 aliphatic carbocycles. The molecule has 2 heterocycles. The van der Waals surface area contributed by atoms with Crippen LogP contribution in [-0.4, -0.2) is 40.5 Å². The fourth-order valence-electron chi connectivity index (χ4n) is 3.43. The summed E-state index contributed by atoms with van der Waals surface area (Å²) in [7, 11) is 0. The van der Waals surface area contributed by atoms with Crippen LogP contribution in [0.4, 0.5) is 0 Å². The smallest absolute Gasteiger partial charge is 0.340 e. The second kappa shape index (κ2) is 6.44. The Labute approximate surface area is 135 Å². The number of hydrogen-bond acceptors (Lipinski definition) is 3. The summed E-state index contributed by atoms with van der Waals surface area (Å²) < 4.78 is 5.26. The number of amides is 1. The summed E-state index contributed by atoms with van der Waals surface area (Å²) in [6.07, 6.45) is 4.78. The lowest BCUT2D eigenvalue weighted by Gasteiger charge is -2.38. The molecule has 1 aliphatic rings. The van der Waals surface area contributed by atoms with Gasteiger partial charge in [0.25, 0.3) is 5.91 Å². The average Bonchev–Trinajstić information content (AvgIpc) is 2.96. The van der Waals surface area contributed by atoms with Gasteiger partial charge in [0, 0.05) is 29.2 Å². The molecule has 1 fully saturated rings. The molecule has 1 aromatic heterocycles. The van der Waals surface area contributed by atoms with Gasteiger partial charge in [-0.15, -0.1) is 0 Å². The van der Waals surface area contributed by atoms with E-state index in [0.29, 0.717) is 5.56 Å². The number of piperidine rings is 1. The van der Waals surface area contributed by atoms with Crippen LogP contribution in [-0.2, 0) is 9.53 Å². The number of nitrogens with zero attached hydrogens (tertiary/aromatic N) is 1. The van der Waals surface area contributed by atoms with Crippen molar-refractivity contribution in [1.29, 1.82) is 0 Å². The van der Waals surface area contributed by atoms with Gasteiger partial charge in [-0.05, 0) is 39.2 Å². The number of aromatic nitrogens is 1. The number of carbonyl (C=O) groups is 2. The fraction of sp³-hybridized carbons (Fsp3) is 0.444. The van der Waals surface area contributed by atoms with Crippen LogP contribution in [0.25, 0.3) is 10.9 Å². The van der Waals surface area contributed by atoms with Gasteiger partial charge in [0.15, 0.2) is 6.61 Å². The van der Waals surface area contributed by atoms with Crippen molar-refractivity contribution in [3.8, 4) is 0 Å². The highest BCUT2D eigenvalue weighted by Gasteiger charge is 2.29. The Hall–Kier alpha value is -2.30. The van der Waals surface area contributed by atoms with E-state index < -0.39 is 5.97 Å². The van der Waals surface area contributed by atoms with Crippen molar-refractivity contribution in [2.75, 3.05) is 6.61 Å². The van der Waals surface area contributed by atoms with Gasteiger partial charge in [0.2, 0.25) is 0 Å². The average molecular weight is 314 g/mol. The van der Waals surface area contributed by atoms with Crippen LogP contribution >= 0.6 is 0 Å². The lowest BCUT2D eigenvalue weighted by molar-refractivity contribution is -0.140. The van der Waals surface area contributed by atoms with Crippen LogP contribution in [0, 0.1) is 0 Å². The second-order valence-corrected chi connectivity index (χ2v) is 6.25. The topological polar surface area (TPSA) is 62.4 Å². The number of nitrogens with one attached hydrogen (secondary N) is 1. The lowest BCUT2D eigenvalue weighted by Crippen LogP contribution is -2.49. The van der Waals surface area contributed by atoms with Gasteiger partial charge in [-0.25, -0.2) is 4.79 Å². The first-order valence-electron chi connectivity index (χ1n) is 8.12. The molecule has 0 spiro atoms. The largest absolute Gasteiger partial charge is 0.452 e. The molecule has 23 heavy (non-hydrogen) atoms. The minimum Gasteiger partial charge on any atom is -0.452 e. The van der Waals surface area contributed by atoms with Crippen molar-refractivity contribution in [2.45, 2.75) is 45.2 Å². The standard InChI is InChI=1S/C18H22N2O3/c1-12-6-5-7-13(2)20(12)17(21)11-23-18(22)15-10-19-16-9-4-3-8-14(15)16/h3-4,8-10,12-13,19H,5-7,11H2,1-2H3/t12-,13-/m0/s1. The van der Waals surface area contributed by atoms with Crippen LogP contribution in [0.2, 0.25) is 0 Å². The highest BCUT2D eigenvalue weighted by atomic mass is 16.5. The van der Waals surface area contributed by atoms with Crippen molar-refractivity contribution in [3.05, 3.63) is 36.0 Å². The fourth-order valence-corrected chi connectivity index (χ4v) is 3.43. The zero-order valence-corrected chi connectivity index (χ0v) is 13.5. The molecule has 1 aliphatic heterocycles. The summed E-state index contributed by atoms with van der Waals surface area (Å²) in [5.41, 5.74) is 1.34. The summed E-state index contributed by atoms with van der Waals surface area (Å²) in [4.78, 5) is 29.5. The lowest BCUT2D eigenvalue weighted by atomic mass is 9.97.